The molecule has 0 radical (unpaired) electrons. The quantitative estimate of drug-likeness (QED) is 0.809. The van der Waals surface area contributed by atoms with Gasteiger partial charge in [0.15, 0.2) is 0 Å². The maximum absolute atomic E-state index is 9.87. The molecule has 0 heterocycles. The lowest BCUT2D eigenvalue weighted by atomic mass is 9.70. The molecule has 0 saturated heterocycles. The van der Waals surface area contributed by atoms with E-state index in [4.69, 9.17) is 4.74 Å². The van der Waals surface area contributed by atoms with Gasteiger partial charge in [0.05, 0.1) is 0 Å². The number of ether oxygens (including phenoxy) is 1. The number of hydrogen-bond donors (Lipinski definition) is 2. The van der Waals surface area contributed by atoms with Crippen LogP contribution in [0.4, 0.5) is 0 Å². The molecule has 106 valence electrons. The fourth-order valence-corrected chi connectivity index (χ4v) is 2.68. The van der Waals surface area contributed by atoms with Crippen LogP contribution in [0.2, 0.25) is 0 Å². The Balaban J connectivity index is 1.63. The van der Waals surface area contributed by atoms with Gasteiger partial charge in [0.25, 0.3) is 0 Å². The van der Waals surface area contributed by atoms with Crippen molar-refractivity contribution in [1.82, 2.24) is 5.32 Å². The van der Waals surface area contributed by atoms with Gasteiger partial charge in [-0.1, -0.05) is 35.3 Å². The molecule has 19 heavy (non-hydrogen) atoms. The van der Waals surface area contributed by atoms with Gasteiger partial charge in [0, 0.05) is 17.6 Å². The van der Waals surface area contributed by atoms with Gasteiger partial charge < -0.3 is 15.2 Å². The van der Waals surface area contributed by atoms with E-state index in [2.05, 4.69) is 28.2 Å². The molecule has 0 aromatic heterocycles. The van der Waals surface area contributed by atoms with Crippen molar-refractivity contribution in [1.29, 1.82) is 0 Å². The summed E-state index contributed by atoms with van der Waals surface area (Å²) < 4.78 is 6.53. The van der Waals surface area contributed by atoms with Crippen LogP contribution in [0.1, 0.15) is 26.2 Å². The fraction of sp³-hybridized carbons (Fsp3) is 0.600. The van der Waals surface area contributed by atoms with Gasteiger partial charge in [0.2, 0.25) is 0 Å². The number of aliphatic hydroxyl groups is 1. The standard InChI is InChI=1S/C15H22BrNO2/c1-15(6-3-7-15)11-17-9-13(18)10-19-14-5-2-4-12(16)8-14/h2,4-5,8,13,17-18H,3,6-7,9-11H2,1H3. The number of aliphatic hydroxyl groups excluding tert-OH is 1. The Labute approximate surface area is 123 Å². The summed E-state index contributed by atoms with van der Waals surface area (Å²) in [6, 6.07) is 7.65. The minimum absolute atomic E-state index is 0.320. The third-order valence-corrected chi connectivity index (χ3v) is 4.22. The van der Waals surface area contributed by atoms with Crippen molar-refractivity contribution in [3.8, 4) is 5.75 Å². The summed E-state index contributed by atoms with van der Waals surface area (Å²) in [7, 11) is 0. The van der Waals surface area contributed by atoms with E-state index in [0.717, 1.165) is 16.8 Å². The Kier molecular flexibility index (Phi) is 5.25. The summed E-state index contributed by atoms with van der Waals surface area (Å²) in [5.41, 5.74) is 0.449. The van der Waals surface area contributed by atoms with Crippen LogP contribution >= 0.6 is 15.9 Å². The molecule has 2 N–H and O–H groups in total. The van der Waals surface area contributed by atoms with Crippen LogP contribution in [0.3, 0.4) is 0 Å². The van der Waals surface area contributed by atoms with Crippen molar-refractivity contribution >= 4 is 15.9 Å². The predicted molar refractivity (Wildman–Crippen MR) is 80.5 cm³/mol. The molecule has 1 aromatic carbocycles. The summed E-state index contributed by atoms with van der Waals surface area (Å²) in [6.07, 6.45) is 3.46. The van der Waals surface area contributed by atoms with E-state index in [9.17, 15) is 5.11 Å². The molecule has 0 spiro atoms. The molecule has 1 atom stereocenters. The van der Waals surface area contributed by atoms with Crippen LogP contribution in [0.5, 0.6) is 5.75 Å². The van der Waals surface area contributed by atoms with Crippen molar-refractivity contribution < 1.29 is 9.84 Å². The molecule has 1 aromatic rings. The smallest absolute Gasteiger partial charge is 0.120 e. The second kappa shape index (κ2) is 6.73. The number of rotatable bonds is 7. The maximum Gasteiger partial charge on any atom is 0.120 e. The number of hydrogen-bond acceptors (Lipinski definition) is 3. The highest BCUT2D eigenvalue weighted by molar-refractivity contribution is 9.10. The highest BCUT2D eigenvalue weighted by Gasteiger charge is 2.31. The number of benzene rings is 1. The van der Waals surface area contributed by atoms with E-state index in [1.807, 2.05) is 24.3 Å². The highest BCUT2D eigenvalue weighted by Crippen LogP contribution is 2.39. The monoisotopic (exact) mass is 327 g/mol. The van der Waals surface area contributed by atoms with Gasteiger partial charge in [0.1, 0.15) is 18.5 Å². The molecule has 1 fully saturated rings. The summed E-state index contributed by atoms with van der Waals surface area (Å²) in [6.45, 7) is 4.19. The first-order valence-corrected chi connectivity index (χ1v) is 7.64. The van der Waals surface area contributed by atoms with Gasteiger partial charge in [-0.15, -0.1) is 0 Å². The molecular weight excluding hydrogens is 306 g/mol. The third kappa shape index (κ3) is 4.79. The zero-order chi connectivity index (χ0) is 13.7. The zero-order valence-electron chi connectivity index (χ0n) is 11.4. The van der Waals surface area contributed by atoms with Crippen molar-refractivity contribution in [2.24, 2.45) is 5.41 Å². The van der Waals surface area contributed by atoms with E-state index in [1.54, 1.807) is 0 Å². The Morgan fingerprint density at radius 1 is 1.47 bits per heavy atom. The summed E-state index contributed by atoms with van der Waals surface area (Å²) >= 11 is 3.39. The van der Waals surface area contributed by atoms with E-state index in [-0.39, 0.29) is 0 Å². The molecule has 4 heteroatoms. The lowest BCUT2D eigenvalue weighted by Crippen LogP contribution is -2.41. The Hall–Kier alpha value is -0.580. The second-order valence-corrected chi connectivity index (χ2v) is 6.63. The first-order valence-electron chi connectivity index (χ1n) is 6.85. The number of nitrogens with one attached hydrogen (secondary N) is 1. The van der Waals surface area contributed by atoms with Gasteiger partial charge in [-0.05, 0) is 36.5 Å². The molecule has 2 rings (SSSR count). The first-order chi connectivity index (χ1) is 9.07. The van der Waals surface area contributed by atoms with E-state index in [1.165, 1.54) is 19.3 Å². The molecule has 3 nitrogen and oxygen atoms in total. The average molecular weight is 328 g/mol. The maximum atomic E-state index is 9.87. The van der Waals surface area contributed by atoms with E-state index >= 15 is 0 Å². The lowest BCUT2D eigenvalue weighted by molar-refractivity contribution is 0.0946. The summed E-state index contributed by atoms with van der Waals surface area (Å²) in [4.78, 5) is 0. The van der Waals surface area contributed by atoms with Crippen LogP contribution < -0.4 is 10.1 Å². The van der Waals surface area contributed by atoms with Crippen LogP contribution in [0.15, 0.2) is 28.7 Å². The Morgan fingerprint density at radius 2 is 2.26 bits per heavy atom. The van der Waals surface area contributed by atoms with Crippen LogP contribution in [0, 0.1) is 5.41 Å². The number of halogens is 1. The van der Waals surface area contributed by atoms with Gasteiger partial charge in [-0.3, -0.25) is 0 Å². The third-order valence-electron chi connectivity index (χ3n) is 3.73. The molecular formula is C15H22BrNO2. The Bertz CT molecular complexity index is 407. The van der Waals surface area contributed by atoms with Crippen molar-refractivity contribution in [2.45, 2.75) is 32.3 Å². The van der Waals surface area contributed by atoms with Gasteiger partial charge in [-0.25, -0.2) is 0 Å². The minimum atomic E-state index is -0.470. The van der Waals surface area contributed by atoms with Crippen LogP contribution in [0.25, 0.3) is 0 Å². The largest absolute Gasteiger partial charge is 0.491 e. The summed E-state index contributed by atoms with van der Waals surface area (Å²) in [5, 5.41) is 13.2. The van der Waals surface area contributed by atoms with Crippen LogP contribution in [-0.2, 0) is 0 Å². The second-order valence-electron chi connectivity index (χ2n) is 5.72. The van der Waals surface area contributed by atoms with Gasteiger partial charge in [-0.2, -0.15) is 0 Å². The molecule has 0 bridgehead atoms. The fourth-order valence-electron chi connectivity index (χ4n) is 2.31. The van der Waals surface area contributed by atoms with Crippen molar-refractivity contribution in [2.75, 3.05) is 19.7 Å². The van der Waals surface area contributed by atoms with E-state index < -0.39 is 6.10 Å². The molecule has 1 aliphatic rings. The average Bonchev–Trinajstić information content (AvgIpc) is 2.34. The molecule has 0 aliphatic heterocycles. The van der Waals surface area contributed by atoms with Gasteiger partial charge >= 0.3 is 0 Å². The SMILES string of the molecule is CC1(CNCC(O)COc2cccc(Br)c2)CCC1. The normalized spacial score (nSPS) is 18.7. The highest BCUT2D eigenvalue weighted by atomic mass is 79.9. The van der Waals surface area contributed by atoms with Crippen molar-refractivity contribution in [3.05, 3.63) is 28.7 Å². The van der Waals surface area contributed by atoms with E-state index in [0.29, 0.717) is 18.6 Å². The van der Waals surface area contributed by atoms with Crippen molar-refractivity contribution in [3.63, 3.8) is 0 Å². The zero-order valence-corrected chi connectivity index (χ0v) is 12.9. The topological polar surface area (TPSA) is 41.5 Å². The summed E-state index contributed by atoms with van der Waals surface area (Å²) in [5.74, 6) is 0.777. The molecule has 0 amide bonds. The lowest BCUT2D eigenvalue weighted by Gasteiger charge is -2.38. The van der Waals surface area contributed by atoms with Crippen LogP contribution in [-0.4, -0.2) is 30.9 Å². The molecule has 1 aliphatic carbocycles. The Morgan fingerprint density at radius 3 is 2.89 bits per heavy atom. The molecule has 1 saturated carbocycles. The molecule has 1 unspecified atom stereocenters. The first kappa shape index (κ1) is 14.8. The minimum Gasteiger partial charge on any atom is -0.491 e. The predicted octanol–water partition coefficient (Wildman–Crippen LogP) is 2.97.